The number of nitrogens with one attached hydrogen (secondary N) is 1. The van der Waals surface area contributed by atoms with Crippen molar-refractivity contribution in [2.75, 3.05) is 5.75 Å². The molecule has 0 atom stereocenters. The number of nitrogen functional groups attached to an aromatic ring is 1. The summed E-state index contributed by atoms with van der Waals surface area (Å²) in [5.41, 5.74) is 3.79. The fourth-order valence-corrected chi connectivity index (χ4v) is 2.49. The van der Waals surface area contributed by atoms with Crippen molar-refractivity contribution in [3.05, 3.63) is 36.2 Å². The minimum absolute atomic E-state index is 0.185. The number of rotatable bonds is 5. The number of aryl methyl sites for hydroxylation is 1. The predicted octanol–water partition coefficient (Wildman–Crippen LogP) is 0.815. The normalized spacial score (nSPS) is 10.9. The van der Waals surface area contributed by atoms with Crippen molar-refractivity contribution >= 4 is 28.8 Å². The van der Waals surface area contributed by atoms with E-state index in [0.717, 1.165) is 11.1 Å². The van der Waals surface area contributed by atoms with E-state index < -0.39 is 5.91 Å². The summed E-state index contributed by atoms with van der Waals surface area (Å²) in [6.45, 7) is 0.578. The van der Waals surface area contributed by atoms with Gasteiger partial charge in [0.15, 0.2) is 11.3 Å². The summed E-state index contributed by atoms with van der Waals surface area (Å²) in [7, 11) is 0. The molecule has 1 aromatic carbocycles. The molecule has 2 heterocycles. The zero-order valence-electron chi connectivity index (χ0n) is 10.9. The monoisotopic (exact) mass is 304 g/mol. The molecular formula is C12H12N6O2S. The number of thioether (sulfide) groups is 1. The highest BCUT2D eigenvalue weighted by Gasteiger charge is 2.09. The van der Waals surface area contributed by atoms with Gasteiger partial charge in [-0.25, -0.2) is 10.8 Å². The minimum Gasteiger partial charge on any atom is -0.431 e. The Morgan fingerprint density at radius 2 is 2.29 bits per heavy atom. The van der Waals surface area contributed by atoms with E-state index in [0.29, 0.717) is 17.5 Å². The van der Waals surface area contributed by atoms with Gasteiger partial charge in [-0.3, -0.25) is 14.9 Å². The van der Waals surface area contributed by atoms with Gasteiger partial charge < -0.3 is 4.42 Å². The van der Waals surface area contributed by atoms with Crippen LogP contribution >= 0.6 is 11.8 Å². The molecule has 3 N–H and O–H groups in total. The van der Waals surface area contributed by atoms with Gasteiger partial charge in [-0.05, 0) is 12.1 Å². The molecule has 0 fully saturated rings. The van der Waals surface area contributed by atoms with Gasteiger partial charge in [0, 0.05) is 5.75 Å². The third kappa shape index (κ3) is 3.03. The Kier molecular flexibility index (Phi) is 3.84. The number of hydrazine groups is 1. The summed E-state index contributed by atoms with van der Waals surface area (Å²) < 4.78 is 7.16. The van der Waals surface area contributed by atoms with Gasteiger partial charge in [0.05, 0.1) is 12.7 Å². The van der Waals surface area contributed by atoms with E-state index in [1.165, 1.54) is 18.0 Å². The molecule has 1 amide bonds. The van der Waals surface area contributed by atoms with Crippen molar-refractivity contribution in [3.63, 3.8) is 0 Å². The van der Waals surface area contributed by atoms with Crippen LogP contribution in [0.25, 0.3) is 11.1 Å². The number of carbonyl (C=O) groups excluding carboxylic acids is 1. The average Bonchev–Trinajstić information content (AvgIpc) is 3.12. The molecule has 8 nitrogen and oxygen atoms in total. The Morgan fingerprint density at radius 3 is 3.10 bits per heavy atom. The largest absolute Gasteiger partial charge is 0.431 e. The molecule has 0 saturated carbocycles. The first-order chi connectivity index (χ1) is 10.3. The molecule has 108 valence electrons. The topological polar surface area (TPSA) is 112 Å². The Labute approximate surface area is 123 Å². The standard InChI is InChI=1S/C12H12N6O2S/c13-15-11(19)9-7-18(17-16-9)5-6-21-12-14-8-3-1-2-4-10(8)20-12/h1-4,7H,5-6,13H2,(H,15,19). The first-order valence-corrected chi connectivity index (χ1v) is 7.14. The van der Waals surface area contributed by atoms with Crippen molar-refractivity contribution < 1.29 is 9.21 Å². The maximum atomic E-state index is 11.2. The second kappa shape index (κ2) is 5.94. The third-order valence-corrected chi connectivity index (χ3v) is 3.53. The molecule has 9 heteroatoms. The van der Waals surface area contributed by atoms with Gasteiger partial charge in [0.25, 0.3) is 11.1 Å². The molecule has 0 unspecified atom stereocenters. The predicted molar refractivity (Wildman–Crippen MR) is 76.4 cm³/mol. The highest BCUT2D eigenvalue weighted by molar-refractivity contribution is 7.99. The number of oxazole rings is 1. The van der Waals surface area contributed by atoms with Gasteiger partial charge in [-0.1, -0.05) is 29.1 Å². The second-order valence-electron chi connectivity index (χ2n) is 4.14. The van der Waals surface area contributed by atoms with Crippen LogP contribution in [0.4, 0.5) is 0 Å². The Balaban J connectivity index is 1.58. The van der Waals surface area contributed by atoms with Crippen LogP contribution in [-0.2, 0) is 6.54 Å². The van der Waals surface area contributed by atoms with Crippen LogP contribution in [0, 0.1) is 0 Å². The van der Waals surface area contributed by atoms with Crippen LogP contribution < -0.4 is 11.3 Å². The third-order valence-electron chi connectivity index (χ3n) is 2.72. The quantitative estimate of drug-likeness (QED) is 0.310. The molecule has 0 aliphatic heterocycles. The highest BCUT2D eigenvalue weighted by atomic mass is 32.2. The lowest BCUT2D eigenvalue weighted by molar-refractivity contribution is 0.0948. The van der Waals surface area contributed by atoms with Crippen molar-refractivity contribution in [2.45, 2.75) is 11.8 Å². The van der Waals surface area contributed by atoms with Crippen LogP contribution in [-0.4, -0.2) is 31.6 Å². The van der Waals surface area contributed by atoms with Crippen molar-refractivity contribution in [2.24, 2.45) is 5.84 Å². The summed E-state index contributed by atoms with van der Waals surface area (Å²) in [6, 6.07) is 7.60. The number of amides is 1. The zero-order valence-corrected chi connectivity index (χ0v) is 11.7. The molecule has 0 radical (unpaired) electrons. The molecule has 2 aromatic heterocycles. The number of hydrogen-bond donors (Lipinski definition) is 2. The van der Waals surface area contributed by atoms with E-state index in [9.17, 15) is 4.79 Å². The summed E-state index contributed by atoms with van der Waals surface area (Å²) >= 11 is 1.47. The minimum atomic E-state index is -0.465. The zero-order chi connectivity index (χ0) is 14.7. The van der Waals surface area contributed by atoms with Crippen LogP contribution in [0.3, 0.4) is 0 Å². The van der Waals surface area contributed by atoms with Crippen LogP contribution in [0.2, 0.25) is 0 Å². The summed E-state index contributed by atoms with van der Waals surface area (Å²) in [5, 5.41) is 8.17. The molecular weight excluding hydrogens is 292 g/mol. The van der Waals surface area contributed by atoms with Gasteiger partial charge in [0.1, 0.15) is 5.52 Å². The molecule has 21 heavy (non-hydrogen) atoms. The van der Waals surface area contributed by atoms with E-state index in [2.05, 4.69) is 15.3 Å². The van der Waals surface area contributed by atoms with Gasteiger partial charge in [0.2, 0.25) is 0 Å². The first kappa shape index (κ1) is 13.6. The lowest BCUT2D eigenvalue weighted by atomic mass is 10.3. The van der Waals surface area contributed by atoms with E-state index >= 15 is 0 Å². The summed E-state index contributed by atoms with van der Waals surface area (Å²) in [5.74, 6) is 5.25. The van der Waals surface area contributed by atoms with E-state index in [-0.39, 0.29) is 5.69 Å². The van der Waals surface area contributed by atoms with Gasteiger partial charge in [-0.2, -0.15) is 0 Å². The molecule has 3 rings (SSSR count). The van der Waals surface area contributed by atoms with E-state index in [1.54, 1.807) is 4.68 Å². The van der Waals surface area contributed by atoms with Crippen molar-refractivity contribution in [1.29, 1.82) is 0 Å². The lowest BCUT2D eigenvalue weighted by Crippen LogP contribution is -2.30. The number of para-hydroxylation sites is 2. The molecule has 0 saturated heterocycles. The number of benzene rings is 1. The number of aromatic nitrogens is 4. The fraction of sp³-hybridized carbons (Fsp3) is 0.167. The molecule has 0 aliphatic rings. The number of nitrogens with zero attached hydrogens (tertiary/aromatic N) is 4. The molecule has 0 aliphatic carbocycles. The van der Waals surface area contributed by atoms with E-state index in [1.807, 2.05) is 29.7 Å². The SMILES string of the molecule is NNC(=O)c1cn(CCSc2nc3ccccc3o2)nn1. The number of hydrogen-bond acceptors (Lipinski definition) is 7. The number of fused-ring (bicyclic) bond motifs is 1. The summed E-state index contributed by atoms with van der Waals surface area (Å²) in [6.07, 6.45) is 1.54. The fourth-order valence-electron chi connectivity index (χ4n) is 1.72. The Hall–Kier alpha value is -2.39. The molecule has 0 bridgehead atoms. The highest BCUT2D eigenvalue weighted by Crippen LogP contribution is 2.23. The molecule has 0 spiro atoms. The Bertz CT molecular complexity index is 735. The van der Waals surface area contributed by atoms with Crippen LogP contribution in [0.5, 0.6) is 0 Å². The molecule has 3 aromatic rings. The van der Waals surface area contributed by atoms with Gasteiger partial charge in [-0.15, -0.1) is 5.10 Å². The summed E-state index contributed by atoms with van der Waals surface area (Å²) in [4.78, 5) is 15.6. The first-order valence-electron chi connectivity index (χ1n) is 6.16. The number of carbonyl (C=O) groups is 1. The van der Waals surface area contributed by atoms with Crippen molar-refractivity contribution in [3.8, 4) is 0 Å². The van der Waals surface area contributed by atoms with Crippen molar-refractivity contribution in [1.82, 2.24) is 25.4 Å². The number of nitrogens with two attached hydrogens (primary N) is 1. The average molecular weight is 304 g/mol. The Morgan fingerprint density at radius 1 is 1.43 bits per heavy atom. The second-order valence-corrected chi connectivity index (χ2v) is 5.18. The van der Waals surface area contributed by atoms with Gasteiger partial charge >= 0.3 is 0 Å². The van der Waals surface area contributed by atoms with Crippen LogP contribution in [0.1, 0.15) is 10.5 Å². The van der Waals surface area contributed by atoms with Crippen LogP contribution in [0.15, 0.2) is 40.1 Å². The smallest absolute Gasteiger partial charge is 0.287 e. The maximum absolute atomic E-state index is 11.2. The maximum Gasteiger partial charge on any atom is 0.287 e. The van der Waals surface area contributed by atoms with E-state index in [4.69, 9.17) is 10.3 Å². The lowest BCUT2D eigenvalue weighted by Gasteiger charge is -1.97.